The smallest absolute Gasteiger partial charge is 0.335 e. The summed E-state index contributed by atoms with van der Waals surface area (Å²) < 4.78 is 79.6. The van der Waals surface area contributed by atoms with Gasteiger partial charge in [0.2, 0.25) is 11.8 Å². The van der Waals surface area contributed by atoms with Crippen molar-refractivity contribution in [3.63, 3.8) is 0 Å². The van der Waals surface area contributed by atoms with Crippen molar-refractivity contribution in [1.29, 1.82) is 0 Å². The molecule has 0 bridgehead atoms. The molecule has 6 heterocycles. The molecule has 6 aliphatic rings. The van der Waals surface area contributed by atoms with Crippen molar-refractivity contribution < 1.29 is 187 Å². The van der Waals surface area contributed by atoms with Crippen LogP contribution in [-0.4, -0.2) is 390 Å². The zero-order valence-electron chi connectivity index (χ0n) is 56.5. The number of aliphatic hydroxyl groups excluding tert-OH is 18. The monoisotopic (exact) mass is 1510 g/mol. The van der Waals surface area contributed by atoms with Gasteiger partial charge < -0.3 is 185 Å². The molecule has 30 unspecified atom stereocenters. The first-order chi connectivity index (χ1) is 50.1. The van der Waals surface area contributed by atoms with Crippen molar-refractivity contribution in [2.45, 2.75) is 211 Å². The van der Waals surface area contributed by atoms with Crippen LogP contribution in [0.1, 0.15) is 37.0 Å². The number of aromatic carboxylic acids is 1. The lowest BCUT2D eigenvalue weighted by Gasteiger charge is -2.48. The van der Waals surface area contributed by atoms with E-state index in [9.17, 15) is 121 Å². The number of hydrogen-bond donors (Lipinski definition) is 23. The minimum absolute atomic E-state index is 0.000248. The highest BCUT2D eigenvalue weighted by molar-refractivity contribution is 5.90. The van der Waals surface area contributed by atoms with Crippen molar-refractivity contribution >= 4 is 29.6 Å². The largest absolute Gasteiger partial charge is 0.484 e. The maximum Gasteiger partial charge on any atom is 0.335 e. The van der Waals surface area contributed by atoms with E-state index in [0.717, 1.165) is 13.8 Å². The minimum Gasteiger partial charge on any atom is -0.484 e. The molecule has 6 aliphatic heterocycles. The standard InChI is InChI=1S/C63H94N4O38/c1-24(74)66-39-45(82)53(102-62-51(88)55(43(80)33(18-70)98-62)104-60-49(86)47(84)41(78)31(16-68)96-60)35(20-72)100-58(39)92-11-3-9-64-37(76)22-94-29-7-5-26(6-8-29)27-13-28(57(90)91)15-30(14-27)95-23-38(77)65-10-4-12-93-59-40(67-25(2)75)46(83)54(36(21-73)101-59)103-63-52(89)56(44(81)34(19-71)99-63)105-61-50(87)48(85)42(79)32(17-69)97-61/h5-8,13-15,31-36,39-56,58-63,68-73,78-89H,3-4,9-12,16-23H2,1-2H3,(H,64,76)(H,65,77)(H,66,74)(H,67,75)(H,90,91). The molecule has 0 aromatic heterocycles. The molecule has 0 aliphatic carbocycles. The van der Waals surface area contributed by atoms with Gasteiger partial charge in [-0.2, -0.15) is 0 Å². The fourth-order valence-electron chi connectivity index (χ4n) is 12.3. The highest BCUT2D eigenvalue weighted by Crippen LogP contribution is 2.37. The number of nitrogens with one attached hydrogen (secondary N) is 4. The Kier molecular flexibility index (Phi) is 31.9. The number of hydrogen-bond acceptors (Lipinski definition) is 37. The van der Waals surface area contributed by atoms with Gasteiger partial charge in [0.1, 0.15) is 158 Å². The lowest BCUT2D eigenvalue weighted by atomic mass is 9.95. The molecule has 6 fully saturated rings. The van der Waals surface area contributed by atoms with Crippen LogP contribution in [0.4, 0.5) is 0 Å². The lowest BCUT2D eigenvalue weighted by Crippen LogP contribution is -2.68. The Labute approximate surface area is 597 Å². The first kappa shape index (κ1) is 84.8. The van der Waals surface area contributed by atoms with Crippen LogP contribution >= 0.6 is 0 Å². The predicted molar refractivity (Wildman–Crippen MR) is 338 cm³/mol. The molecule has 594 valence electrons. The van der Waals surface area contributed by atoms with Crippen LogP contribution in [0.3, 0.4) is 0 Å². The average Bonchev–Trinajstić information content (AvgIpc) is 0.780. The summed E-state index contributed by atoms with van der Waals surface area (Å²) in [6.07, 6.45) is -48.7. The topological polar surface area (TPSA) is 647 Å². The second-order valence-corrected chi connectivity index (χ2v) is 25.4. The first-order valence-corrected chi connectivity index (χ1v) is 33.5. The summed E-state index contributed by atoms with van der Waals surface area (Å²) >= 11 is 0. The number of rotatable bonds is 34. The SMILES string of the molecule is CC(=O)NC1C(OCCCNC(=O)COc2ccc(-c3cc(OCC(=O)NCCCOC4OC(CO)C(OC5OC(CO)C(O)C(OC6OC(CO)C(O)C(O)C6O)C5O)C(O)C4NC(C)=O)cc(C(=O)O)c3)cc2)OC(CO)C(OC2OC(CO)C(O)C(OC3OC(CO)C(O)C(O)C3O)C2O)C1O. The molecule has 42 heteroatoms. The summed E-state index contributed by atoms with van der Waals surface area (Å²) in [5.41, 5.74) is 0.640. The van der Waals surface area contributed by atoms with Crippen LogP contribution in [0.25, 0.3) is 11.1 Å². The second-order valence-electron chi connectivity index (χ2n) is 25.4. The van der Waals surface area contributed by atoms with Gasteiger partial charge in [-0.05, 0) is 54.3 Å². The van der Waals surface area contributed by atoms with E-state index in [1.807, 2.05) is 0 Å². The third kappa shape index (κ3) is 21.4. The van der Waals surface area contributed by atoms with E-state index in [1.54, 1.807) is 12.1 Å². The molecule has 0 radical (unpaired) electrons. The number of carboxylic acid groups (broad SMARTS) is 1. The molecular weight excluding hydrogens is 1420 g/mol. The lowest BCUT2D eigenvalue weighted by molar-refractivity contribution is -0.376. The fraction of sp³-hybridized carbons (Fsp3) is 0.730. The van der Waals surface area contributed by atoms with Crippen LogP contribution in [0.5, 0.6) is 11.5 Å². The first-order valence-electron chi connectivity index (χ1n) is 33.5. The summed E-state index contributed by atoms with van der Waals surface area (Å²) in [5, 5.41) is 210. The van der Waals surface area contributed by atoms with Crippen LogP contribution in [0.15, 0.2) is 42.5 Å². The van der Waals surface area contributed by atoms with Gasteiger partial charge >= 0.3 is 5.97 Å². The summed E-state index contributed by atoms with van der Waals surface area (Å²) in [7, 11) is 0. The number of aliphatic hydroxyl groups is 18. The quantitative estimate of drug-likeness (QED) is 0.0289. The van der Waals surface area contributed by atoms with E-state index in [4.69, 9.17) is 66.3 Å². The zero-order valence-corrected chi connectivity index (χ0v) is 56.5. The maximum atomic E-state index is 13.0. The Morgan fingerprint density at radius 3 is 1.10 bits per heavy atom. The minimum atomic E-state index is -2.03. The van der Waals surface area contributed by atoms with Crippen LogP contribution in [0.2, 0.25) is 0 Å². The molecule has 30 atom stereocenters. The molecule has 2 aromatic rings. The molecule has 0 saturated carbocycles. The zero-order chi connectivity index (χ0) is 76.7. The Balaban J connectivity index is 0.761. The normalized spacial score (nSPS) is 37.9. The average molecular weight is 1520 g/mol. The number of ether oxygens (including phenoxy) is 14. The number of carbonyl (C=O) groups is 5. The predicted octanol–water partition coefficient (Wildman–Crippen LogP) is -12.0. The van der Waals surface area contributed by atoms with E-state index in [1.165, 1.54) is 30.3 Å². The van der Waals surface area contributed by atoms with Gasteiger partial charge in [-0.15, -0.1) is 0 Å². The molecule has 42 nitrogen and oxygen atoms in total. The van der Waals surface area contributed by atoms with Gasteiger partial charge in [-0.3, -0.25) is 19.2 Å². The molecule has 105 heavy (non-hydrogen) atoms. The highest BCUT2D eigenvalue weighted by atomic mass is 16.8. The molecule has 8 rings (SSSR count). The molecular formula is C63H94N4O38. The number of carbonyl (C=O) groups excluding carboxylic acids is 4. The highest BCUT2D eigenvalue weighted by Gasteiger charge is 2.57. The summed E-state index contributed by atoms with van der Waals surface area (Å²) in [6, 6.07) is 7.35. The summed E-state index contributed by atoms with van der Waals surface area (Å²) in [5.74, 6) is -3.64. The van der Waals surface area contributed by atoms with Crippen LogP contribution < -0.4 is 30.7 Å². The van der Waals surface area contributed by atoms with Gasteiger partial charge in [0.05, 0.1) is 58.4 Å². The van der Waals surface area contributed by atoms with Crippen LogP contribution in [-0.2, 0) is 76.0 Å². The van der Waals surface area contributed by atoms with Gasteiger partial charge in [-0.1, -0.05) is 12.1 Å². The molecule has 0 spiro atoms. The Hall–Kier alpha value is -5.81. The summed E-state index contributed by atoms with van der Waals surface area (Å²) in [6.45, 7) is -4.37. The van der Waals surface area contributed by atoms with E-state index in [-0.39, 0.29) is 56.2 Å². The maximum absolute atomic E-state index is 13.0. The van der Waals surface area contributed by atoms with E-state index < -0.39 is 267 Å². The second kappa shape index (κ2) is 39.5. The van der Waals surface area contributed by atoms with E-state index in [2.05, 4.69) is 21.3 Å². The van der Waals surface area contributed by atoms with Gasteiger partial charge in [0.25, 0.3) is 11.8 Å². The van der Waals surface area contributed by atoms with Crippen molar-refractivity contribution in [3.8, 4) is 22.6 Å². The summed E-state index contributed by atoms with van der Waals surface area (Å²) in [4.78, 5) is 62.7. The Bertz CT molecular complexity index is 3080. The third-order valence-electron chi connectivity index (χ3n) is 17.9. The van der Waals surface area contributed by atoms with Gasteiger partial charge in [-0.25, -0.2) is 4.79 Å². The molecule has 4 amide bonds. The Morgan fingerprint density at radius 1 is 0.381 bits per heavy atom. The third-order valence-corrected chi connectivity index (χ3v) is 17.9. The van der Waals surface area contributed by atoms with E-state index >= 15 is 0 Å². The number of amides is 4. The van der Waals surface area contributed by atoms with E-state index in [0.29, 0.717) is 11.1 Å². The van der Waals surface area contributed by atoms with Gasteiger partial charge in [0, 0.05) is 26.9 Å². The van der Waals surface area contributed by atoms with Crippen molar-refractivity contribution in [2.24, 2.45) is 0 Å². The van der Waals surface area contributed by atoms with Crippen LogP contribution in [0, 0.1) is 0 Å². The molecule has 2 aromatic carbocycles. The van der Waals surface area contributed by atoms with Crippen molar-refractivity contribution in [1.82, 2.24) is 21.3 Å². The fourth-order valence-corrected chi connectivity index (χ4v) is 12.3. The number of carboxylic acids is 1. The number of benzene rings is 2. The van der Waals surface area contributed by atoms with Gasteiger partial charge in [0.15, 0.2) is 51.0 Å². The van der Waals surface area contributed by atoms with Crippen molar-refractivity contribution in [2.75, 3.05) is 79.2 Å². The Morgan fingerprint density at radius 2 is 0.733 bits per heavy atom. The molecule has 6 saturated heterocycles. The molecule has 23 N–H and O–H groups in total. The van der Waals surface area contributed by atoms with Crippen molar-refractivity contribution in [3.05, 3.63) is 48.0 Å².